The average molecular weight is 434 g/mol. The van der Waals surface area contributed by atoms with Gasteiger partial charge in [-0.15, -0.1) is 0 Å². The molecule has 3 atom stereocenters. The van der Waals surface area contributed by atoms with Gasteiger partial charge in [-0.2, -0.15) is 0 Å². The number of carbonyl (C=O) groups is 3. The molecule has 1 amide bonds. The average Bonchev–Trinajstić information content (AvgIpc) is 3.25. The number of nitrogens with zero attached hydrogens (tertiary/aromatic N) is 1. The van der Waals surface area contributed by atoms with Gasteiger partial charge in [0.25, 0.3) is 0 Å². The Balaban J connectivity index is 1.95. The minimum absolute atomic E-state index is 0.149. The van der Waals surface area contributed by atoms with Gasteiger partial charge in [-0.1, -0.05) is 54.6 Å². The van der Waals surface area contributed by atoms with Crippen molar-refractivity contribution in [3.8, 4) is 0 Å². The fourth-order valence-corrected chi connectivity index (χ4v) is 5.19. The van der Waals surface area contributed by atoms with E-state index in [-0.39, 0.29) is 24.7 Å². The van der Waals surface area contributed by atoms with Gasteiger partial charge in [-0.25, -0.2) is 4.79 Å². The molecule has 0 fully saturated rings. The Hall–Kier alpha value is -3.41. The molecule has 0 unspecified atom stereocenters. The molecule has 0 bridgehead atoms. The third kappa shape index (κ3) is 3.22. The quantitative estimate of drug-likeness (QED) is 0.653. The summed E-state index contributed by atoms with van der Waals surface area (Å²) >= 11 is 0. The highest BCUT2D eigenvalue weighted by Gasteiger charge is 2.66. The maximum atomic E-state index is 14.0. The minimum atomic E-state index is -1.27. The van der Waals surface area contributed by atoms with Crippen molar-refractivity contribution >= 4 is 23.5 Å². The molecule has 2 aliphatic rings. The van der Waals surface area contributed by atoms with E-state index in [4.69, 9.17) is 9.47 Å². The van der Waals surface area contributed by atoms with Crippen LogP contribution in [-0.4, -0.2) is 38.1 Å². The number of anilines is 1. The molecule has 0 aromatic heterocycles. The third-order valence-electron chi connectivity index (χ3n) is 6.43. The minimum Gasteiger partial charge on any atom is -0.465 e. The summed E-state index contributed by atoms with van der Waals surface area (Å²) in [5.74, 6) is -2.87. The number of fused-ring (bicyclic) bond motifs is 2. The van der Waals surface area contributed by atoms with E-state index in [0.29, 0.717) is 6.42 Å². The van der Waals surface area contributed by atoms with Crippen molar-refractivity contribution < 1.29 is 23.9 Å². The molecule has 32 heavy (non-hydrogen) atoms. The van der Waals surface area contributed by atoms with Gasteiger partial charge in [0.15, 0.2) is 0 Å². The number of amides is 1. The highest BCUT2D eigenvalue weighted by atomic mass is 16.5. The molecule has 1 aliphatic carbocycles. The van der Waals surface area contributed by atoms with Gasteiger partial charge >= 0.3 is 11.9 Å². The highest BCUT2D eigenvalue weighted by Crippen LogP contribution is 2.57. The van der Waals surface area contributed by atoms with E-state index in [1.54, 1.807) is 31.9 Å². The second kappa shape index (κ2) is 8.61. The molecule has 0 N–H and O–H groups in total. The van der Waals surface area contributed by atoms with Crippen LogP contribution in [-0.2, 0) is 35.7 Å². The normalized spacial score (nSPS) is 23.8. The third-order valence-corrected chi connectivity index (χ3v) is 6.43. The summed E-state index contributed by atoms with van der Waals surface area (Å²) in [5, 5.41) is 0. The van der Waals surface area contributed by atoms with Crippen molar-refractivity contribution in [1.82, 2.24) is 0 Å². The topological polar surface area (TPSA) is 72.9 Å². The smallest absolute Gasteiger partial charge is 0.334 e. The van der Waals surface area contributed by atoms with Gasteiger partial charge in [-0.3, -0.25) is 9.59 Å². The van der Waals surface area contributed by atoms with Crippen molar-refractivity contribution in [2.24, 2.45) is 11.8 Å². The van der Waals surface area contributed by atoms with Crippen LogP contribution in [0.5, 0.6) is 0 Å². The van der Waals surface area contributed by atoms with Crippen molar-refractivity contribution in [3.63, 3.8) is 0 Å². The highest BCUT2D eigenvalue weighted by molar-refractivity contribution is 6.14. The summed E-state index contributed by atoms with van der Waals surface area (Å²) in [6, 6.07) is 17.2. The maximum Gasteiger partial charge on any atom is 0.334 e. The Kier molecular flexibility index (Phi) is 5.87. The number of ether oxygens (including phenoxy) is 2. The molecule has 4 rings (SSSR count). The summed E-state index contributed by atoms with van der Waals surface area (Å²) in [6.07, 6.45) is 2.26. The number of carbonyl (C=O) groups excluding carboxylic acids is 3. The van der Waals surface area contributed by atoms with E-state index in [1.807, 2.05) is 54.6 Å². The Morgan fingerprint density at radius 3 is 2.31 bits per heavy atom. The fraction of sp³-hybridized carbons (Fsp3) is 0.346. The lowest BCUT2D eigenvalue weighted by atomic mass is 9.64. The summed E-state index contributed by atoms with van der Waals surface area (Å²) in [7, 11) is 1.71. The van der Waals surface area contributed by atoms with Gasteiger partial charge in [0.2, 0.25) is 5.91 Å². The molecule has 1 aliphatic heterocycles. The Labute approximate surface area is 187 Å². The zero-order chi connectivity index (χ0) is 22.9. The molecule has 6 nitrogen and oxygen atoms in total. The first-order chi connectivity index (χ1) is 15.5. The van der Waals surface area contributed by atoms with Crippen LogP contribution in [0.1, 0.15) is 25.0 Å². The van der Waals surface area contributed by atoms with Gasteiger partial charge in [0.05, 0.1) is 13.2 Å². The van der Waals surface area contributed by atoms with E-state index >= 15 is 0 Å². The van der Waals surface area contributed by atoms with E-state index in [9.17, 15) is 14.4 Å². The monoisotopic (exact) mass is 433 g/mol. The summed E-state index contributed by atoms with van der Waals surface area (Å²) in [6.45, 7) is 3.75. The van der Waals surface area contributed by atoms with E-state index in [1.165, 1.54) is 0 Å². The zero-order valence-corrected chi connectivity index (χ0v) is 18.5. The first-order valence-corrected chi connectivity index (χ1v) is 10.9. The largest absolute Gasteiger partial charge is 0.465 e. The molecule has 166 valence electrons. The van der Waals surface area contributed by atoms with Crippen LogP contribution in [0.2, 0.25) is 0 Å². The number of hydrogen-bond donors (Lipinski definition) is 0. The second-order valence-corrected chi connectivity index (χ2v) is 8.07. The Morgan fingerprint density at radius 2 is 1.62 bits per heavy atom. The molecular weight excluding hydrogens is 406 g/mol. The molecule has 1 spiro atoms. The lowest BCUT2D eigenvalue weighted by Gasteiger charge is -2.35. The van der Waals surface area contributed by atoms with Gasteiger partial charge < -0.3 is 14.4 Å². The van der Waals surface area contributed by atoms with Crippen LogP contribution >= 0.6 is 0 Å². The number of allylic oxidation sites excluding steroid dienone is 1. The summed E-state index contributed by atoms with van der Waals surface area (Å²) in [4.78, 5) is 41.9. The van der Waals surface area contributed by atoms with Crippen molar-refractivity contribution in [2.45, 2.75) is 25.7 Å². The van der Waals surface area contributed by atoms with Crippen molar-refractivity contribution in [2.75, 3.05) is 25.2 Å². The number of benzene rings is 2. The Bertz CT molecular complexity index is 1080. The fourth-order valence-electron chi connectivity index (χ4n) is 5.19. The van der Waals surface area contributed by atoms with E-state index in [0.717, 1.165) is 16.8 Å². The van der Waals surface area contributed by atoms with Crippen LogP contribution in [0, 0.1) is 11.8 Å². The number of rotatable bonds is 6. The molecule has 6 heteroatoms. The zero-order valence-electron chi connectivity index (χ0n) is 18.5. The van der Waals surface area contributed by atoms with Gasteiger partial charge in [0, 0.05) is 24.2 Å². The summed E-state index contributed by atoms with van der Waals surface area (Å²) in [5.41, 5.74) is 1.42. The van der Waals surface area contributed by atoms with Gasteiger partial charge in [0.1, 0.15) is 11.3 Å². The predicted molar refractivity (Wildman–Crippen MR) is 120 cm³/mol. The molecule has 0 saturated carbocycles. The standard InChI is InChI=1S/C26H27NO5/c1-4-31-23(28)19-16-18(15-17-11-7-6-8-12-17)26(22(19)24(29)32-5-2)20-13-9-10-14-21(20)27(3)25(26)30/h6-14,16,18,22H,4-5,15H2,1-3H3/t18-,22+,26-/m1/s1. The number of likely N-dealkylation sites (N-methyl/N-ethyl adjacent to an activating group) is 1. The maximum absolute atomic E-state index is 14.0. The van der Waals surface area contributed by atoms with Crippen molar-refractivity contribution in [3.05, 3.63) is 77.4 Å². The van der Waals surface area contributed by atoms with E-state index < -0.39 is 29.2 Å². The lowest BCUT2D eigenvalue weighted by molar-refractivity contribution is -0.154. The molecule has 0 radical (unpaired) electrons. The predicted octanol–water partition coefficient (Wildman–Crippen LogP) is 3.44. The van der Waals surface area contributed by atoms with Crippen LogP contribution in [0.3, 0.4) is 0 Å². The number of esters is 2. The van der Waals surface area contributed by atoms with Crippen LogP contribution in [0.4, 0.5) is 5.69 Å². The first-order valence-electron chi connectivity index (χ1n) is 10.9. The lowest BCUT2D eigenvalue weighted by Crippen LogP contribution is -2.51. The van der Waals surface area contributed by atoms with Crippen LogP contribution < -0.4 is 4.90 Å². The SMILES string of the molecule is CCOC(=O)C1=C[C@@H](Cc2ccccc2)[C@]2(C(=O)N(C)c3ccccc32)[C@@H]1C(=O)OCC. The molecule has 2 aromatic rings. The van der Waals surface area contributed by atoms with Crippen molar-refractivity contribution in [1.29, 1.82) is 0 Å². The first kappa shape index (κ1) is 21.8. The van der Waals surface area contributed by atoms with Gasteiger partial charge in [-0.05, 0) is 37.5 Å². The molecular formula is C26H27NO5. The molecule has 0 saturated heterocycles. The Morgan fingerprint density at radius 1 is 0.969 bits per heavy atom. The summed E-state index contributed by atoms with van der Waals surface area (Å²) < 4.78 is 10.7. The number of hydrogen-bond acceptors (Lipinski definition) is 5. The van der Waals surface area contributed by atoms with Crippen LogP contribution in [0.15, 0.2) is 66.2 Å². The van der Waals surface area contributed by atoms with Crippen LogP contribution in [0.25, 0.3) is 0 Å². The molecule has 2 aromatic carbocycles. The number of para-hydroxylation sites is 1. The van der Waals surface area contributed by atoms with E-state index in [2.05, 4.69) is 0 Å². The second-order valence-electron chi connectivity index (χ2n) is 8.07. The molecule has 1 heterocycles.